The van der Waals surface area contributed by atoms with E-state index in [0.29, 0.717) is 16.8 Å². The van der Waals surface area contributed by atoms with Crippen LogP contribution in [0.3, 0.4) is 0 Å². The van der Waals surface area contributed by atoms with E-state index < -0.39 is 10.7 Å². The van der Waals surface area contributed by atoms with E-state index in [1.807, 2.05) is 0 Å². The second kappa shape index (κ2) is 4.21. The van der Waals surface area contributed by atoms with Crippen molar-refractivity contribution < 1.29 is 9.31 Å². The highest BCUT2D eigenvalue weighted by Gasteiger charge is 2.09. The van der Waals surface area contributed by atoms with Crippen LogP contribution in [0.1, 0.15) is 0 Å². The number of hydrogen-bond donors (Lipinski definition) is 1. The summed E-state index contributed by atoms with van der Waals surface area (Å²) in [5, 5.41) is 10.6. The van der Waals surface area contributed by atoms with E-state index in [0.717, 1.165) is 0 Å². The zero-order valence-electron chi connectivity index (χ0n) is 8.76. The summed E-state index contributed by atoms with van der Waals surface area (Å²) in [6.45, 7) is 0. The Bertz CT molecular complexity index is 584. The fourth-order valence-corrected chi connectivity index (χ4v) is 1.57. The SMILES string of the molecule is Nc1ccc(F)cc1-c1cccc([N+](=O)[O-])c1. The molecule has 0 aromatic heterocycles. The molecule has 0 atom stereocenters. The highest BCUT2D eigenvalue weighted by Crippen LogP contribution is 2.29. The molecule has 0 heterocycles. The Morgan fingerprint density at radius 3 is 2.65 bits per heavy atom. The maximum Gasteiger partial charge on any atom is 0.270 e. The Balaban J connectivity index is 2.56. The van der Waals surface area contributed by atoms with Gasteiger partial charge in [0.05, 0.1) is 4.92 Å². The van der Waals surface area contributed by atoms with Crippen molar-refractivity contribution in [2.75, 3.05) is 5.73 Å². The molecule has 0 aliphatic carbocycles. The predicted molar refractivity (Wildman–Crippen MR) is 62.9 cm³/mol. The summed E-state index contributed by atoms with van der Waals surface area (Å²) >= 11 is 0. The summed E-state index contributed by atoms with van der Waals surface area (Å²) < 4.78 is 13.1. The van der Waals surface area contributed by atoms with Crippen LogP contribution in [0.25, 0.3) is 11.1 Å². The Morgan fingerprint density at radius 2 is 1.94 bits per heavy atom. The molecule has 2 rings (SSSR count). The molecule has 86 valence electrons. The number of nitrogen functional groups attached to an aromatic ring is 1. The molecule has 0 aliphatic rings. The van der Waals surface area contributed by atoms with Crippen LogP contribution < -0.4 is 5.73 Å². The summed E-state index contributed by atoms with van der Waals surface area (Å²) in [4.78, 5) is 10.1. The van der Waals surface area contributed by atoms with E-state index in [4.69, 9.17) is 5.73 Å². The minimum Gasteiger partial charge on any atom is -0.398 e. The van der Waals surface area contributed by atoms with E-state index >= 15 is 0 Å². The predicted octanol–water partition coefficient (Wildman–Crippen LogP) is 2.98. The van der Waals surface area contributed by atoms with Crippen LogP contribution in [0.15, 0.2) is 42.5 Å². The molecule has 17 heavy (non-hydrogen) atoms. The second-order valence-corrected chi connectivity index (χ2v) is 3.54. The fourth-order valence-electron chi connectivity index (χ4n) is 1.57. The van der Waals surface area contributed by atoms with Gasteiger partial charge in [0.1, 0.15) is 5.82 Å². The van der Waals surface area contributed by atoms with E-state index in [1.165, 1.54) is 36.4 Å². The molecule has 2 aromatic carbocycles. The first kappa shape index (κ1) is 11.1. The molecule has 0 bridgehead atoms. The maximum atomic E-state index is 13.1. The van der Waals surface area contributed by atoms with Gasteiger partial charge in [0.2, 0.25) is 0 Å². The van der Waals surface area contributed by atoms with E-state index in [1.54, 1.807) is 6.07 Å². The van der Waals surface area contributed by atoms with E-state index in [9.17, 15) is 14.5 Å². The summed E-state index contributed by atoms with van der Waals surface area (Å²) in [6.07, 6.45) is 0. The van der Waals surface area contributed by atoms with Crippen molar-refractivity contribution in [1.29, 1.82) is 0 Å². The average Bonchev–Trinajstić information content (AvgIpc) is 2.32. The number of anilines is 1. The lowest BCUT2D eigenvalue weighted by Gasteiger charge is -2.05. The smallest absolute Gasteiger partial charge is 0.270 e. The van der Waals surface area contributed by atoms with Gasteiger partial charge in [-0.25, -0.2) is 4.39 Å². The minimum atomic E-state index is -0.501. The van der Waals surface area contributed by atoms with Crippen molar-refractivity contribution in [2.45, 2.75) is 0 Å². The molecule has 0 spiro atoms. The number of rotatable bonds is 2. The van der Waals surface area contributed by atoms with Gasteiger partial charge in [-0.2, -0.15) is 0 Å². The normalized spacial score (nSPS) is 10.2. The Labute approximate surface area is 96.6 Å². The average molecular weight is 232 g/mol. The van der Waals surface area contributed by atoms with Gasteiger partial charge in [-0.1, -0.05) is 12.1 Å². The first-order chi connectivity index (χ1) is 8.08. The van der Waals surface area contributed by atoms with Crippen LogP contribution in [0.2, 0.25) is 0 Å². The number of non-ortho nitro benzene ring substituents is 1. The van der Waals surface area contributed by atoms with Crippen molar-refractivity contribution in [1.82, 2.24) is 0 Å². The van der Waals surface area contributed by atoms with Crippen LogP contribution in [0.5, 0.6) is 0 Å². The van der Waals surface area contributed by atoms with Crippen LogP contribution >= 0.6 is 0 Å². The number of halogens is 1. The van der Waals surface area contributed by atoms with Gasteiger partial charge in [0.15, 0.2) is 0 Å². The van der Waals surface area contributed by atoms with Crippen LogP contribution in [0, 0.1) is 15.9 Å². The van der Waals surface area contributed by atoms with Crippen molar-refractivity contribution in [3.05, 3.63) is 58.4 Å². The lowest BCUT2D eigenvalue weighted by molar-refractivity contribution is -0.384. The lowest BCUT2D eigenvalue weighted by Crippen LogP contribution is -1.92. The minimum absolute atomic E-state index is 0.0499. The van der Waals surface area contributed by atoms with Gasteiger partial charge < -0.3 is 5.73 Å². The Hall–Kier alpha value is -2.43. The second-order valence-electron chi connectivity index (χ2n) is 3.54. The van der Waals surface area contributed by atoms with Crippen LogP contribution in [-0.4, -0.2) is 4.92 Å². The third-order valence-electron chi connectivity index (χ3n) is 2.38. The first-order valence-corrected chi connectivity index (χ1v) is 4.88. The maximum absolute atomic E-state index is 13.1. The number of nitrogens with two attached hydrogens (primary N) is 1. The van der Waals surface area contributed by atoms with Gasteiger partial charge in [-0.3, -0.25) is 10.1 Å². The van der Waals surface area contributed by atoms with Crippen molar-refractivity contribution in [2.24, 2.45) is 0 Å². The van der Waals surface area contributed by atoms with E-state index in [-0.39, 0.29) is 5.69 Å². The molecule has 2 N–H and O–H groups in total. The quantitative estimate of drug-likeness (QED) is 0.491. The Morgan fingerprint density at radius 1 is 1.18 bits per heavy atom. The van der Waals surface area contributed by atoms with E-state index in [2.05, 4.69) is 0 Å². The van der Waals surface area contributed by atoms with Crippen LogP contribution in [-0.2, 0) is 0 Å². The number of hydrogen-bond acceptors (Lipinski definition) is 3. The number of nitro benzene ring substituents is 1. The van der Waals surface area contributed by atoms with Crippen molar-refractivity contribution >= 4 is 11.4 Å². The van der Waals surface area contributed by atoms with Gasteiger partial charge in [-0.05, 0) is 23.8 Å². The largest absolute Gasteiger partial charge is 0.398 e. The molecule has 0 fully saturated rings. The van der Waals surface area contributed by atoms with Crippen molar-refractivity contribution in [3.63, 3.8) is 0 Å². The zero-order valence-corrected chi connectivity index (χ0v) is 8.76. The zero-order chi connectivity index (χ0) is 12.4. The molecule has 0 saturated heterocycles. The highest BCUT2D eigenvalue weighted by molar-refractivity contribution is 5.77. The summed E-state index contributed by atoms with van der Waals surface area (Å²) in [7, 11) is 0. The molecule has 5 heteroatoms. The molecule has 0 radical (unpaired) electrons. The fraction of sp³-hybridized carbons (Fsp3) is 0. The molecule has 4 nitrogen and oxygen atoms in total. The topological polar surface area (TPSA) is 69.2 Å². The van der Waals surface area contributed by atoms with Gasteiger partial charge >= 0.3 is 0 Å². The highest BCUT2D eigenvalue weighted by atomic mass is 19.1. The van der Waals surface area contributed by atoms with Gasteiger partial charge in [0.25, 0.3) is 5.69 Å². The molecule has 2 aromatic rings. The number of benzene rings is 2. The number of nitro groups is 1. The van der Waals surface area contributed by atoms with Gasteiger partial charge in [-0.15, -0.1) is 0 Å². The van der Waals surface area contributed by atoms with Crippen molar-refractivity contribution in [3.8, 4) is 11.1 Å². The third kappa shape index (κ3) is 2.23. The molecule has 0 amide bonds. The summed E-state index contributed by atoms with van der Waals surface area (Å²) in [5.74, 6) is -0.430. The number of nitrogens with zero attached hydrogens (tertiary/aromatic N) is 1. The lowest BCUT2D eigenvalue weighted by atomic mass is 10.0. The Kier molecular flexibility index (Phi) is 2.74. The summed E-state index contributed by atoms with van der Waals surface area (Å²) in [5.41, 5.74) is 7.02. The van der Waals surface area contributed by atoms with Gasteiger partial charge in [0, 0.05) is 23.4 Å². The first-order valence-electron chi connectivity index (χ1n) is 4.88. The molecule has 0 aliphatic heterocycles. The molecular formula is C12H9FN2O2. The molecule has 0 unspecified atom stereocenters. The molecular weight excluding hydrogens is 223 g/mol. The third-order valence-corrected chi connectivity index (χ3v) is 2.38. The van der Waals surface area contributed by atoms with Crippen LogP contribution in [0.4, 0.5) is 15.8 Å². The standard InChI is InChI=1S/C12H9FN2O2/c13-9-4-5-12(14)11(7-9)8-2-1-3-10(6-8)15(16)17/h1-7H,14H2. The molecule has 0 saturated carbocycles. The summed E-state index contributed by atoms with van der Waals surface area (Å²) in [6, 6.07) is 9.87. The monoisotopic (exact) mass is 232 g/mol.